The maximum atomic E-state index is 14.5. The van der Waals surface area contributed by atoms with E-state index in [1.165, 1.54) is 0 Å². The zero-order valence-corrected chi connectivity index (χ0v) is 17.1. The van der Waals surface area contributed by atoms with Crippen LogP contribution in [0.4, 0.5) is 26.3 Å². The van der Waals surface area contributed by atoms with Crippen molar-refractivity contribution in [1.29, 1.82) is 0 Å². The smallest absolute Gasteiger partial charge is 0.376 e. The molecule has 0 aromatic heterocycles. The first kappa shape index (κ1) is 24.3. The second-order valence-electron chi connectivity index (χ2n) is 7.63. The van der Waals surface area contributed by atoms with Gasteiger partial charge in [-0.25, -0.2) is 0 Å². The monoisotopic (exact) mass is 502 g/mol. The number of nitrogens with zero attached hydrogens (tertiary/aromatic N) is 2. The Labute approximate surface area is 191 Å². The lowest BCUT2D eigenvalue weighted by molar-refractivity contribution is -0.288. The fourth-order valence-corrected chi connectivity index (χ4v) is 4.29. The summed E-state index contributed by atoms with van der Waals surface area (Å²) in [7, 11) is 0. The van der Waals surface area contributed by atoms with Crippen LogP contribution < -0.4 is 0 Å². The molecule has 2 aromatic carbocycles. The molecule has 0 radical (unpaired) electrons. The van der Waals surface area contributed by atoms with Gasteiger partial charge in [0.25, 0.3) is 23.6 Å². The Hall–Kier alpha value is -3.78. The van der Waals surface area contributed by atoms with Crippen LogP contribution in [0, 0.1) is 0 Å². The van der Waals surface area contributed by atoms with Gasteiger partial charge in [0, 0.05) is 0 Å². The second kappa shape index (κ2) is 7.61. The number of carbonyl (C=O) groups is 4. The second-order valence-corrected chi connectivity index (χ2v) is 7.63. The van der Waals surface area contributed by atoms with Crippen molar-refractivity contribution < 1.29 is 55.7 Å². The van der Waals surface area contributed by atoms with Crippen molar-refractivity contribution >= 4 is 23.6 Å². The molecule has 0 bridgehead atoms. The van der Waals surface area contributed by atoms with Crippen molar-refractivity contribution in [3.05, 3.63) is 69.8 Å². The number of benzene rings is 2. The number of fused-ring (bicyclic) bond motifs is 2. The number of aliphatic hydroxyl groups excluding tert-OH is 2. The Bertz CT molecular complexity index is 1200. The minimum Gasteiger partial charge on any atom is -0.376 e. The lowest BCUT2D eigenvalue weighted by atomic mass is 9.71. The van der Waals surface area contributed by atoms with E-state index in [0.717, 1.165) is 0 Å². The Balaban J connectivity index is 2.02. The molecule has 0 fully saturated rings. The molecule has 0 unspecified atom stereocenters. The Morgan fingerprint density at radius 3 is 1.17 bits per heavy atom. The Morgan fingerprint density at radius 2 is 0.886 bits per heavy atom. The minimum absolute atomic E-state index is 0.237. The number of carbonyl (C=O) groups excluding carboxylic acids is 4. The van der Waals surface area contributed by atoms with Crippen LogP contribution in [0.1, 0.15) is 52.6 Å². The highest BCUT2D eigenvalue weighted by Gasteiger charge is 2.73. The van der Waals surface area contributed by atoms with Gasteiger partial charge in [0.2, 0.25) is 5.41 Å². The number of hydrogen-bond acceptors (Lipinski definition) is 6. The summed E-state index contributed by atoms with van der Waals surface area (Å²) in [4.78, 5) is 49.4. The van der Waals surface area contributed by atoms with Crippen molar-refractivity contribution in [2.45, 2.75) is 17.8 Å². The summed E-state index contributed by atoms with van der Waals surface area (Å²) >= 11 is 0. The summed E-state index contributed by atoms with van der Waals surface area (Å²) in [6.07, 6.45) is -12.2. The molecule has 2 heterocycles. The number of alkyl halides is 6. The SMILES string of the molecule is O=C1c2ccc(C(c3ccc4c(c3)C(=O)N(CO)C4=O)(C(F)(F)F)C(F)(F)F)cc2C(=O)N1CO. The van der Waals surface area contributed by atoms with Crippen LogP contribution in [-0.4, -0.2) is 69.5 Å². The van der Waals surface area contributed by atoms with E-state index in [-0.39, 0.29) is 21.9 Å². The normalized spacial score (nSPS) is 16.3. The fourth-order valence-electron chi connectivity index (χ4n) is 4.29. The predicted octanol–water partition coefficient (Wildman–Crippen LogP) is 2.19. The van der Waals surface area contributed by atoms with Crippen LogP contribution in [0.15, 0.2) is 36.4 Å². The van der Waals surface area contributed by atoms with Crippen LogP contribution >= 0.6 is 0 Å². The Morgan fingerprint density at radius 1 is 0.571 bits per heavy atom. The maximum Gasteiger partial charge on any atom is 0.411 e. The summed E-state index contributed by atoms with van der Waals surface area (Å²) in [5.41, 5.74) is -10.3. The van der Waals surface area contributed by atoms with Crippen LogP contribution in [0.2, 0.25) is 0 Å². The first-order chi connectivity index (χ1) is 16.2. The largest absolute Gasteiger partial charge is 0.411 e. The van der Waals surface area contributed by atoms with Crippen molar-refractivity contribution in [2.75, 3.05) is 13.5 Å². The van der Waals surface area contributed by atoms with Gasteiger partial charge >= 0.3 is 12.4 Å². The highest BCUT2D eigenvalue weighted by Crippen LogP contribution is 2.57. The highest BCUT2D eigenvalue weighted by atomic mass is 19.4. The van der Waals surface area contributed by atoms with Crippen molar-refractivity contribution in [2.24, 2.45) is 0 Å². The molecule has 2 N–H and O–H groups in total. The third-order valence-electron chi connectivity index (χ3n) is 5.94. The molecular formula is C21H12F6N2O6. The number of imide groups is 2. The quantitative estimate of drug-likeness (QED) is 0.490. The molecule has 8 nitrogen and oxygen atoms in total. The van der Waals surface area contributed by atoms with Crippen molar-refractivity contribution in [3.63, 3.8) is 0 Å². The molecule has 35 heavy (non-hydrogen) atoms. The van der Waals surface area contributed by atoms with Gasteiger partial charge in [0.05, 0.1) is 22.3 Å². The van der Waals surface area contributed by atoms with Gasteiger partial charge in [-0.1, -0.05) is 12.1 Å². The number of halogens is 6. The molecule has 0 saturated heterocycles. The van der Waals surface area contributed by atoms with Crippen LogP contribution in [0.3, 0.4) is 0 Å². The minimum atomic E-state index is -6.08. The summed E-state index contributed by atoms with van der Waals surface area (Å²) in [5.74, 6) is -4.79. The molecule has 0 aliphatic carbocycles. The molecule has 4 amide bonds. The summed E-state index contributed by atoms with van der Waals surface area (Å²) in [5, 5.41) is 18.3. The van der Waals surface area contributed by atoms with E-state index in [2.05, 4.69) is 0 Å². The van der Waals surface area contributed by atoms with Crippen LogP contribution in [0.5, 0.6) is 0 Å². The average molecular weight is 502 g/mol. The third kappa shape index (κ3) is 3.09. The molecule has 14 heteroatoms. The molecule has 2 aliphatic rings. The van der Waals surface area contributed by atoms with E-state index in [1.54, 1.807) is 0 Å². The molecule has 0 atom stereocenters. The number of hydrogen-bond donors (Lipinski definition) is 2. The lowest BCUT2D eigenvalue weighted by Crippen LogP contribution is -2.55. The maximum absolute atomic E-state index is 14.5. The van der Waals surface area contributed by atoms with Crippen LogP contribution in [0.25, 0.3) is 0 Å². The van der Waals surface area contributed by atoms with Gasteiger partial charge < -0.3 is 10.2 Å². The average Bonchev–Trinajstić information content (AvgIpc) is 3.15. The van der Waals surface area contributed by atoms with Gasteiger partial charge in [0.1, 0.15) is 13.5 Å². The van der Waals surface area contributed by atoms with Gasteiger partial charge in [0.15, 0.2) is 0 Å². The molecule has 2 aromatic rings. The van der Waals surface area contributed by atoms with E-state index in [9.17, 15) is 45.5 Å². The first-order valence-corrected chi connectivity index (χ1v) is 9.59. The molecular weight excluding hydrogens is 490 g/mol. The number of rotatable bonds is 4. The molecule has 184 valence electrons. The van der Waals surface area contributed by atoms with E-state index < -0.39 is 88.2 Å². The summed E-state index contributed by atoms with van der Waals surface area (Å²) in [6, 6.07) is 2.53. The van der Waals surface area contributed by atoms with Gasteiger partial charge in [-0.15, -0.1) is 0 Å². The molecule has 4 rings (SSSR count). The number of aliphatic hydroxyl groups is 2. The van der Waals surface area contributed by atoms with Crippen LogP contribution in [-0.2, 0) is 5.41 Å². The molecule has 2 aliphatic heterocycles. The molecule has 0 spiro atoms. The number of amides is 4. The van der Waals surface area contributed by atoms with Gasteiger partial charge in [-0.2, -0.15) is 26.3 Å². The van der Waals surface area contributed by atoms with Crippen molar-refractivity contribution in [1.82, 2.24) is 9.80 Å². The fraction of sp³-hybridized carbons (Fsp3) is 0.238. The standard InChI is InChI=1S/C21H12F6N2O6/c22-20(23,24)19(21(25,26)27,9-1-3-11-13(5-9)17(34)28(7-30)15(11)32)10-2-4-12-14(6-10)18(35)29(8-31)16(12)33/h1-6,30-31H,7-8H2. The topological polar surface area (TPSA) is 115 Å². The van der Waals surface area contributed by atoms with E-state index in [0.29, 0.717) is 24.3 Å². The molecule has 0 saturated carbocycles. The van der Waals surface area contributed by atoms with E-state index in [4.69, 9.17) is 10.2 Å². The Kier molecular flexibility index (Phi) is 5.30. The van der Waals surface area contributed by atoms with Gasteiger partial charge in [-0.05, 0) is 35.4 Å². The predicted molar refractivity (Wildman–Crippen MR) is 101 cm³/mol. The van der Waals surface area contributed by atoms with E-state index in [1.807, 2.05) is 0 Å². The summed E-state index contributed by atoms with van der Waals surface area (Å²) < 4.78 is 86.7. The zero-order valence-electron chi connectivity index (χ0n) is 17.1. The third-order valence-corrected chi connectivity index (χ3v) is 5.94. The van der Waals surface area contributed by atoms with E-state index >= 15 is 0 Å². The lowest BCUT2D eigenvalue weighted by Gasteiger charge is -2.38. The van der Waals surface area contributed by atoms with Crippen molar-refractivity contribution in [3.8, 4) is 0 Å². The highest BCUT2D eigenvalue weighted by molar-refractivity contribution is 6.22. The zero-order chi connectivity index (χ0) is 26.1. The first-order valence-electron chi connectivity index (χ1n) is 9.59. The summed E-state index contributed by atoms with van der Waals surface area (Å²) in [6.45, 7) is -2.29. The van der Waals surface area contributed by atoms with Gasteiger partial charge in [-0.3, -0.25) is 29.0 Å².